The van der Waals surface area contributed by atoms with E-state index in [2.05, 4.69) is 15.5 Å². The monoisotopic (exact) mass is 381 g/mol. The number of fused-ring (bicyclic) bond motifs is 1. The van der Waals surface area contributed by atoms with Crippen LogP contribution in [0.4, 0.5) is 0 Å². The van der Waals surface area contributed by atoms with Gasteiger partial charge in [-0.1, -0.05) is 18.2 Å². The summed E-state index contributed by atoms with van der Waals surface area (Å²) in [5, 5.41) is 12.5. The largest absolute Gasteiger partial charge is 0.383 e. The van der Waals surface area contributed by atoms with E-state index in [-0.39, 0.29) is 18.0 Å². The lowest BCUT2D eigenvalue weighted by molar-refractivity contribution is -0.122. The molecule has 1 aliphatic rings. The molecule has 0 spiro atoms. The Morgan fingerprint density at radius 2 is 2.11 bits per heavy atom. The molecular formula is C20H23N5O3. The van der Waals surface area contributed by atoms with Crippen LogP contribution in [-0.4, -0.2) is 45.7 Å². The topological polar surface area (TPSA) is 91.0 Å². The lowest BCUT2D eigenvalue weighted by atomic mass is 10.2. The van der Waals surface area contributed by atoms with Crippen molar-refractivity contribution in [3.8, 4) is 5.69 Å². The van der Waals surface area contributed by atoms with Crippen molar-refractivity contribution >= 4 is 16.8 Å². The minimum Gasteiger partial charge on any atom is -0.383 e. The van der Waals surface area contributed by atoms with Crippen LogP contribution in [-0.2, 0) is 16.1 Å². The van der Waals surface area contributed by atoms with Gasteiger partial charge in [-0.05, 0) is 31.4 Å². The van der Waals surface area contributed by atoms with E-state index < -0.39 is 0 Å². The number of ether oxygens (including phenoxy) is 1. The van der Waals surface area contributed by atoms with E-state index in [1.165, 1.54) is 4.68 Å². The third-order valence-electron chi connectivity index (χ3n) is 4.94. The van der Waals surface area contributed by atoms with Crippen LogP contribution in [0.15, 0.2) is 35.3 Å². The average Bonchev–Trinajstić information content (AvgIpc) is 3.43. The number of nitrogens with one attached hydrogen (secondary N) is 1. The Hall–Kier alpha value is -3.00. The highest BCUT2D eigenvalue weighted by Gasteiger charge is 2.30. The molecule has 0 saturated heterocycles. The summed E-state index contributed by atoms with van der Waals surface area (Å²) in [5.74, 6) is 0.0510. The molecule has 28 heavy (non-hydrogen) atoms. The standard InChI is InChI=1S/C20H23N5O3/c1-13-5-3-4-6-16(13)25-19-15(11-22-25)18(14-7-8-14)23-24(20(19)27)12-17(26)21-9-10-28-2/h3-6,11,14H,7-10,12H2,1-2H3,(H,21,26). The molecule has 2 aromatic heterocycles. The van der Waals surface area contributed by atoms with Gasteiger partial charge in [0.2, 0.25) is 5.91 Å². The molecular weight excluding hydrogens is 358 g/mol. The summed E-state index contributed by atoms with van der Waals surface area (Å²) in [7, 11) is 1.57. The predicted molar refractivity (Wildman–Crippen MR) is 105 cm³/mol. The Kier molecular flexibility index (Phi) is 4.95. The molecule has 1 aliphatic carbocycles. The highest BCUT2D eigenvalue weighted by atomic mass is 16.5. The third-order valence-corrected chi connectivity index (χ3v) is 4.94. The van der Waals surface area contributed by atoms with E-state index >= 15 is 0 Å². The maximum absolute atomic E-state index is 13.2. The summed E-state index contributed by atoms with van der Waals surface area (Å²) in [5.41, 5.74) is 2.86. The number of rotatable bonds is 7. The highest BCUT2D eigenvalue weighted by Crippen LogP contribution is 2.41. The van der Waals surface area contributed by atoms with Crippen LogP contribution in [0.25, 0.3) is 16.6 Å². The fourth-order valence-electron chi connectivity index (χ4n) is 3.33. The first-order valence-electron chi connectivity index (χ1n) is 9.40. The van der Waals surface area contributed by atoms with Crippen molar-refractivity contribution < 1.29 is 9.53 Å². The number of benzene rings is 1. The van der Waals surface area contributed by atoms with Crippen LogP contribution in [0.5, 0.6) is 0 Å². The van der Waals surface area contributed by atoms with Crippen LogP contribution in [0.1, 0.15) is 30.0 Å². The smallest absolute Gasteiger partial charge is 0.293 e. The minimum absolute atomic E-state index is 0.128. The highest BCUT2D eigenvalue weighted by molar-refractivity contribution is 5.83. The van der Waals surface area contributed by atoms with Crippen molar-refractivity contribution in [2.24, 2.45) is 0 Å². The molecule has 0 radical (unpaired) electrons. The molecule has 0 bridgehead atoms. The third kappa shape index (κ3) is 3.43. The van der Waals surface area contributed by atoms with Gasteiger partial charge in [-0.3, -0.25) is 9.59 Å². The lowest BCUT2D eigenvalue weighted by Crippen LogP contribution is -2.36. The summed E-state index contributed by atoms with van der Waals surface area (Å²) >= 11 is 0. The van der Waals surface area contributed by atoms with Crippen LogP contribution in [0.2, 0.25) is 0 Å². The van der Waals surface area contributed by atoms with Gasteiger partial charge in [0, 0.05) is 25.0 Å². The zero-order valence-electron chi connectivity index (χ0n) is 16.0. The number of carbonyl (C=O) groups is 1. The Balaban J connectivity index is 1.80. The maximum Gasteiger partial charge on any atom is 0.293 e. The van der Waals surface area contributed by atoms with E-state index in [9.17, 15) is 9.59 Å². The van der Waals surface area contributed by atoms with Gasteiger partial charge in [0.1, 0.15) is 12.1 Å². The first kappa shape index (κ1) is 18.4. The Labute approximate surface area is 162 Å². The number of aromatic nitrogens is 4. The zero-order valence-corrected chi connectivity index (χ0v) is 16.0. The summed E-state index contributed by atoms with van der Waals surface area (Å²) in [4.78, 5) is 25.4. The van der Waals surface area contributed by atoms with Crippen LogP contribution in [0.3, 0.4) is 0 Å². The quantitative estimate of drug-likeness (QED) is 0.627. The Morgan fingerprint density at radius 1 is 1.32 bits per heavy atom. The molecule has 1 saturated carbocycles. The molecule has 4 rings (SSSR count). The van der Waals surface area contributed by atoms with E-state index in [0.29, 0.717) is 24.6 Å². The number of carbonyl (C=O) groups excluding carboxylic acids is 1. The number of methoxy groups -OCH3 is 1. The molecule has 1 amide bonds. The molecule has 2 heterocycles. The Bertz CT molecular complexity index is 1080. The number of nitrogens with zero attached hydrogens (tertiary/aromatic N) is 4. The minimum atomic E-state index is -0.318. The van der Waals surface area contributed by atoms with Gasteiger partial charge in [-0.25, -0.2) is 9.36 Å². The predicted octanol–water partition coefficient (Wildman–Crippen LogP) is 1.53. The number of amides is 1. The number of hydrogen-bond acceptors (Lipinski definition) is 5. The van der Waals surface area contributed by atoms with Gasteiger partial charge < -0.3 is 10.1 Å². The number of para-hydroxylation sites is 1. The van der Waals surface area contributed by atoms with Crippen molar-refractivity contribution in [3.63, 3.8) is 0 Å². The Morgan fingerprint density at radius 3 is 2.82 bits per heavy atom. The van der Waals surface area contributed by atoms with Crippen LogP contribution in [0, 0.1) is 6.92 Å². The molecule has 3 aromatic rings. The van der Waals surface area contributed by atoms with Crippen molar-refractivity contribution in [3.05, 3.63) is 52.1 Å². The van der Waals surface area contributed by atoms with Crippen molar-refractivity contribution in [1.29, 1.82) is 0 Å². The maximum atomic E-state index is 13.2. The van der Waals surface area contributed by atoms with Gasteiger partial charge in [0.15, 0.2) is 0 Å². The van der Waals surface area contributed by atoms with E-state index in [1.807, 2.05) is 31.2 Å². The normalized spacial score (nSPS) is 13.8. The molecule has 8 nitrogen and oxygen atoms in total. The molecule has 0 aliphatic heterocycles. The average molecular weight is 381 g/mol. The molecule has 8 heteroatoms. The van der Waals surface area contributed by atoms with Crippen LogP contribution < -0.4 is 10.9 Å². The zero-order chi connectivity index (χ0) is 19.7. The lowest BCUT2D eigenvalue weighted by Gasteiger charge is -2.11. The summed E-state index contributed by atoms with van der Waals surface area (Å²) < 4.78 is 7.86. The summed E-state index contributed by atoms with van der Waals surface area (Å²) in [6.45, 7) is 2.66. The van der Waals surface area contributed by atoms with Gasteiger partial charge in [-0.15, -0.1) is 0 Å². The number of hydrogen-bond donors (Lipinski definition) is 1. The second kappa shape index (κ2) is 7.55. The van der Waals surface area contributed by atoms with Crippen molar-refractivity contribution in [2.45, 2.75) is 32.2 Å². The molecule has 1 N–H and O–H groups in total. The first-order chi connectivity index (χ1) is 13.6. The van der Waals surface area contributed by atoms with Crippen LogP contribution >= 0.6 is 0 Å². The van der Waals surface area contributed by atoms with Crippen molar-refractivity contribution in [1.82, 2.24) is 24.9 Å². The second-order valence-electron chi connectivity index (χ2n) is 7.07. The molecule has 0 atom stereocenters. The molecule has 146 valence electrons. The molecule has 1 fully saturated rings. The fourth-order valence-corrected chi connectivity index (χ4v) is 3.33. The van der Waals surface area contributed by atoms with Gasteiger partial charge in [0.25, 0.3) is 5.56 Å². The van der Waals surface area contributed by atoms with E-state index in [1.54, 1.807) is 18.0 Å². The number of aryl methyl sites for hydroxylation is 1. The van der Waals surface area contributed by atoms with Gasteiger partial charge in [-0.2, -0.15) is 10.2 Å². The molecule has 1 aromatic carbocycles. The van der Waals surface area contributed by atoms with E-state index in [0.717, 1.165) is 35.2 Å². The van der Waals surface area contributed by atoms with Gasteiger partial charge in [0.05, 0.1) is 24.2 Å². The summed E-state index contributed by atoms with van der Waals surface area (Å²) in [6.07, 6.45) is 3.79. The van der Waals surface area contributed by atoms with E-state index in [4.69, 9.17) is 4.74 Å². The fraction of sp³-hybridized carbons (Fsp3) is 0.400. The van der Waals surface area contributed by atoms with Gasteiger partial charge >= 0.3 is 0 Å². The first-order valence-corrected chi connectivity index (χ1v) is 9.40. The summed E-state index contributed by atoms with van der Waals surface area (Å²) in [6, 6.07) is 7.78. The second-order valence-corrected chi connectivity index (χ2v) is 7.07. The SMILES string of the molecule is COCCNC(=O)Cn1nc(C2CC2)c2cnn(-c3ccccc3C)c2c1=O. The van der Waals surface area contributed by atoms with Crippen molar-refractivity contribution in [2.75, 3.05) is 20.3 Å². The molecule has 0 unspecified atom stereocenters.